The molecule has 0 radical (unpaired) electrons. The molecule has 1 atom stereocenters. The monoisotopic (exact) mass is 269 g/mol. The van der Waals surface area contributed by atoms with Crippen molar-refractivity contribution < 1.29 is 13.2 Å². The van der Waals surface area contributed by atoms with E-state index in [1.165, 1.54) is 6.26 Å². The summed E-state index contributed by atoms with van der Waals surface area (Å²) < 4.78 is 29.5. The number of para-hydroxylation sites is 1. The molecule has 5 heteroatoms. The highest BCUT2D eigenvalue weighted by atomic mass is 32.2. The highest BCUT2D eigenvalue weighted by Crippen LogP contribution is 2.25. The number of ether oxygens (including phenoxy) is 1. The van der Waals surface area contributed by atoms with Crippen molar-refractivity contribution in [3.8, 4) is 5.75 Å². The van der Waals surface area contributed by atoms with E-state index in [-0.39, 0.29) is 5.92 Å². The van der Waals surface area contributed by atoms with Crippen LogP contribution in [0, 0.1) is 5.92 Å². The second kappa shape index (κ2) is 5.71. The molecule has 0 bridgehead atoms. The molecule has 0 aromatic heterocycles. The van der Waals surface area contributed by atoms with E-state index in [4.69, 9.17) is 4.74 Å². The molecule has 1 N–H and O–H groups in total. The van der Waals surface area contributed by atoms with Crippen LogP contribution in [0.5, 0.6) is 5.75 Å². The number of benzene rings is 1. The van der Waals surface area contributed by atoms with Gasteiger partial charge in [0, 0.05) is 12.2 Å². The molecule has 1 heterocycles. The second-order valence-electron chi connectivity index (χ2n) is 4.72. The highest BCUT2D eigenvalue weighted by Gasteiger charge is 2.33. The molecule has 1 fully saturated rings. The molecule has 1 unspecified atom stereocenters. The lowest BCUT2D eigenvalue weighted by Gasteiger charge is -2.29. The topological polar surface area (TPSA) is 55.4 Å². The van der Waals surface area contributed by atoms with Crippen LogP contribution in [0.3, 0.4) is 0 Å². The molecule has 4 nitrogen and oxygen atoms in total. The molecule has 0 amide bonds. The summed E-state index contributed by atoms with van der Waals surface area (Å²) in [6.07, 6.45) is 2.93. The van der Waals surface area contributed by atoms with E-state index in [1.807, 2.05) is 18.2 Å². The molecular formula is C13H19NO3S. The van der Waals surface area contributed by atoms with Gasteiger partial charge in [0.15, 0.2) is 9.84 Å². The summed E-state index contributed by atoms with van der Waals surface area (Å²) in [5.41, 5.74) is -0.734. The molecule has 100 valence electrons. The Balaban J connectivity index is 2.15. The Kier molecular flexibility index (Phi) is 4.24. The Morgan fingerprint density at radius 2 is 1.83 bits per heavy atom. The number of piperidine rings is 1. The first-order chi connectivity index (χ1) is 8.57. The predicted octanol–water partition coefficient (Wildman–Crippen LogP) is 1.44. The summed E-state index contributed by atoms with van der Waals surface area (Å²) in [5.74, 6) is 0.688. The van der Waals surface area contributed by atoms with E-state index in [9.17, 15) is 8.42 Å². The Bertz CT molecular complexity index is 466. The second-order valence-corrected chi connectivity index (χ2v) is 6.84. The fraction of sp³-hybridized carbons (Fsp3) is 0.538. The average Bonchev–Trinajstić information content (AvgIpc) is 2.37. The maximum atomic E-state index is 11.9. The van der Waals surface area contributed by atoms with Gasteiger partial charge in [0.1, 0.15) is 5.75 Å². The van der Waals surface area contributed by atoms with E-state index in [1.54, 1.807) is 12.1 Å². The van der Waals surface area contributed by atoms with Crippen molar-refractivity contribution >= 4 is 9.84 Å². The Labute approximate surface area is 108 Å². The first-order valence-electron chi connectivity index (χ1n) is 6.18. The molecule has 0 aliphatic carbocycles. The lowest BCUT2D eigenvalue weighted by molar-refractivity contribution is 0.176. The number of nitrogens with one attached hydrogen (secondary N) is 1. The van der Waals surface area contributed by atoms with Gasteiger partial charge >= 0.3 is 0 Å². The highest BCUT2D eigenvalue weighted by molar-refractivity contribution is 7.91. The molecular weight excluding hydrogens is 250 g/mol. The van der Waals surface area contributed by atoms with E-state index >= 15 is 0 Å². The number of hydrogen-bond acceptors (Lipinski definition) is 4. The molecule has 1 aliphatic rings. The Hall–Kier alpha value is -1.07. The molecule has 0 saturated carbocycles. The normalized spacial score (nSPS) is 19.4. The van der Waals surface area contributed by atoms with Gasteiger partial charge in [0.25, 0.3) is 0 Å². The number of rotatable bonds is 4. The van der Waals surface area contributed by atoms with Gasteiger partial charge in [-0.2, -0.15) is 0 Å². The average molecular weight is 269 g/mol. The van der Waals surface area contributed by atoms with Gasteiger partial charge in [-0.15, -0.1) is 0 Å². The van der Waals surface area contributed by atoms with Crippen LogP contribution < -0.4 is 10.1 Å². The van der Waals surface area contributed by atoms with E-state index < -0.39 is 15.3 Å². The van der Waals surface area contributed by atoms with Crippen LogP contribution in [0.1, 0.15) is 12.8 Å². The van der Waals surface area contributed by atoms with Crippen molar-refractivity contribution in [2.24, 2.45) is 5.92 Å². The summed E-state index contributed by atoms with van der Waals surface area (Å²) in [6.45, 7) is 1.71. The lowest BCUT2D eigenvalue weighted by atomic mass is 9.99. The zero-order chi connectivity index (χ0) is 13.0. The van der Waals surface area contributed by atoms with Crippen molar-refractivity contribution in [3.05, 3.63) is 30.3 Å². The van der Waals surface area contributed by atoms with Gasteiger partial charge in [-0.1, -0.05) is 18.2 Å². The zero-order valence-electron chi connectivity index (χ0n) is 10.5. The fourth-order valence-corrected chi connectivity index (χ4v) is 3.54. The summed E-state index contributed by atoms with van der Waals surface area (Å²) >= 11 is 0. The first kappa shape index (κ1) is 13.4. The van der Waals surface area contributed by atoms with Crippen LogP contribution in [0.15, 0.2) is 30.3 Å². The third-order valence-electron chi connectivity index (χ3n) is 3.19. The zero-order valence-corrected chi connectivity index (χ0v) is 11.3. The summed E-state index contributed by atoms with van der Waals surface area (Å²) in [5, 5.41) is 3.23. The third kappa shape index (κ3) is 3.46. The fourth-order valence-electron chi connectivity index (χ4n) is 2.28. The van der Waals surface area contributed by atoms with Crippen molar-refractivity contribution in [1.82, 2.24) is 5.32 Å². The molecule has 0 spiro atoms. The molecule has 1 aliphatic heterocycles. The third-order valence-corrected chi connectivity index (χ3v) is 4.51. The summed E-state index contributed by atoms with van der Waals surface area (Å²) in [4.78, 5) is 0. The van der Waals surface area contributed by atoms with Crippen LogP contribution in [0.2, 0.25) is 0 Å². The quantitative estimate of drug-likeness (QED) is 0.898. The molecule has 1 saturated heterocycles. The predicted molar refractivity (Wildman–Crippen MR) is 71.3 cm³/mol. The SMILES string of the molecule is CS(=O)(=O)C(Oc1ccccc1)C1CCNCC1. The standard InChI is InChI=1S/C13H19NO3S/c1-18(15,16)13(11-7-9-14-10-8-11)17-12-5-3-2-4-6-12/h2-6,11,13-14H,7-10H2,1H3. The van der Waals surface area contributed by atoms with Gasteiger partial charge in [0.2, 0.25) is 5.44 Å². The van der Waals surface area contributed by atoms with Gasteiger partial charge in [0.05, 0.1) is 0 Å². The molecule has 2 rings (SSSR count). The smallest absolute Gasteiger partial charge is 0.201 e. The Morgan fingerprint density at radius 3 is 2.39 bits per heavy atom. The number of sulfone groups is 1. The minimum absolute atomic E-state index is 0.0708. The summed E-state index contributed by atoms with van der Waals surface area (Å²) in [7, 11) is -3.21. The largest absolute Gasteiger partial charge is 0.474 e. The van der Waals surface area contributed by atoms with Gasteiger partial charge in [-0.3, -0.25) is 0 Å². The van der Waals surface area contributed by atoms with E-state index in [2.05, 4.69) is 5.32 Å². The van der Waals surface area contributed by atoms with Gasteiger partial charge < -0.3 is 10.1 Å². The lowest BCUT2D eigenvalue weighted by Crippen LogP contribution is -2.41. The van der Waals surface area contributed by atoms with Crippen LogP contribution in [-0.2, 0) is 9.84 Å². The van der Waals surface area contributed by atoms with Crippen molar-refractivity contribution in [2.45, 2.75) is 18.3 Å². The van der Waals surface area contributed by atoms with Crippen LogP contribution in [-0.4, -0.2) is 33.2 Å². The molecule has 1 aromatic rings. The van der Waals surface area contributed by atoms with E-state index in [0.29, 0.717) is 5.75 Å². The minimum Gasteiger partial charge on any atom is -0.474 e. The van der Waals surface area contributed by atoms with Crippen LogP contribution >= 0.6 is 0 Å². The van der Waals surface area contributed by atoms with Gasteiger partial charge in [-0.05, 0) is 38.1 Å². The minimum atomic E-state index is -3.21. The number of hydrogen-bond donors (Lipinski definition) is 1. The van der Waals surface area contributed by atoms with Crippen LogP contribution in [0.4, 0.5) is 0 Å². The van der Waals surface area contributed by atoms with E-state index in [0.717, 1.165) is 25.9 Å². The first-order valence-corrected chi connectivity index (χ1v) is 8.14. The van der Waals surface area contributed by atoms with Crippen molar-refractivity contribution in [1.29, 1.82) is 0 Å². The summed E-state index contributed by atoms with van der Waals surface area (Å²) in [6, 6.07) is 9.15. The van der Waals surface area contributed by atoms with Gasteiger partial charge in [-0.25, -0.2) is 8.42 Å². The van der Waals surface area contributed by atoms with Crippen LogP contribution in [0.25, 0.3) is 0 Å². The van der Waals surface area contributed by atoms with Crippen molar-refractivity contribution in [3.63, 3.8) is 0 Å². The molecule has 18 heavy (non-hydrogen) atoms. The van der Waals surface area contributed by atoms with Crippen molar-refractivity contribution in [2.75, 3.05) is 19.3 Å². The maximum absolute atomic E-state index is 11.9. The Morgan fingerprint density at radius 1 is 1.22 bits per heavy atom. The maximum Gasteiger partial charge on any atom is 0.201 e. The molecule has 1 aromatic carbocycles.